The highest BCUT2D eigenvalue weighted by Crippen LogP contribution is 2.22. The van der Waals surface area contributed by atoms with E-state index in [9.17, 15) is 9.59 Å². The Labute approximate surface area is 211 Å². The lowest BCUT2D eigenvalue weighted by Gasteiger charge is -2.33. The van der Waals surface area contributed by atoms with E-state index in [1.54, 1.807) is 0 Å². The lowest BCUT2D eigenvalue weighted by Crippen LogP contribution is -2.46. The van der Waals surface area contributed by atoms with Crippen LogP contribution in [0.1, 0.15) is 24.8 Å². The molecule has 8 heteroatoms. The number of nitrogens with zero attached hydrogens (tertiary/aromatic N) is 4. The van der Waals surface area contributed by atoms with Crippen LogP contribution >= 0.6 is 0 Å². The molecule has 0 spiro atoms. The number of fused-ring (bicyclic) bond motifs is 1. The molecule has 190 valence electrons. The third-order valence-electron chi connectivity index (χ3n) is 7.16. The molecule has 0 bridgehead atoms. The predicted octanol–water partition coefficient (Wildman–Crippen LogP) is 2.50. The molecule has 1 N–H and O–H groups in total. The fourth-order valence-electron chi connectivity index (χ4n) is 5.17. The summed E-state index contributed by atoms with van der Waals surface area (Å²) >= 11 is 0. The first-order valence-corrected chi connectivity index (χ1v) is 13.1. The van der Waals surface area contributed by atoms with Gasteiger partial charge in [0.15, 0.2) is 5.82 Å². The molecule has 8 nitrogen and oxygen atoms in total. The van der Waals surface area contributed by atoms with E-state index < -0.39 is 0 Å². The van der Waals surface area contributed by atoms with Crippen molar-refractivity contribution in [1.82, 2.24) is 19.8 Å². The molecule has 0 saturated carbocycles. The summed E-state index contributed by atoms with van der Waals surface area (Å²) in [6.07, 6.45) is 2.62. The summed E-state index contributed by atoms with van der Waals surface area (Å²) in [6, 6.07) is 17.8. The van der Waals surface area contributed by atoms with Crippen LogP contribution < -0.4 is 15.8 Å². The Morgan fingerprint density at radius 2 is 1.81 bits per heavy atom. The molecule has 1 unspecified atom stereocenters. The summed E-state index contributed by atoms with van der Waals surface area (Å²) in [5.74, 6) is 0.374. The van der Waals surface area contributed by atoms with Gasteiger partial charge in [-0.1, -0.05) is 42.5 Å². The zero-order valence-electron chi connectivity index (χ0n) is 20.8. The lowest BCUT2D eigenvalue weighted by atomic mass is 9.97. The largest absolute Gasteiger partial charge is 0.379 e. The molecule has 36 heavy (non-hydrogen) atoms. The minimum Gasteiger partial charge on any atom is -0.379 e. The molecular formula is C28H35N5O3. The van der Waals surface area contributed by atoms with Crippen LogP contribution in [0.4, 0.5) is 5.82 Å². The van der Waals surface area contributed by atoms with Crippen LogP contribution in [0.15, 0.2) is 59.4 Å². The second-order valence-corrected chi connectivity index (χ2v) is 9.68. The number of para-hydroxylation sites is 2. The molecule has 2 fully saturated rings. The zero-order valence-corrected chi connectivity index (χ0v) is 20.8. The van der Waals surface area contributed by atoms with Gasteiger partial charge in [0.05, 0.1) is 36.7 Å². The average Bonchev–Trinajstić information content (AvgIpc) is 2.93. The highest BCUT2D eigenvalue weighted by Gasteiger charge is 2.28. The van der Waals surface area contributed by atoms with Crippen LogP contribution in [0, 0.1) is 5.92 Å². The summed E-state index contributed by atoms with van der Waals surface area (Å²) in [7, 11) is 0. The summed E-state index contributed by atoms with van der Waals surface area (Å²) < 4.78 is 7.20. The quantitative estimate of drug-likeness (QED) is 0.490. The second-order valence-electron chi connectivity index (χ2n) is 9.68. The third kappa shape index (κ3) is 5.77. The van der Waals surface area contributed by atoms with Crippen LogP contribution in [-0.4, -0.2) is 72.8 Å². The van der Waals surface area contributed by atoms with E-state index >= 15 is 0 Å². The maximum atomic E-state index is 13.7. The number of carbonyl (C=O) groups excluding carboxylic acids is 1. The van der Waals surface area contributed by atoms with E-state index in [2.05, 4.69) is 10.2 Å². The Hall–Kier alpha value is -3.23. The van der Waals surface area contributed by atoms with Gasteiger partial charge >= 0.3 is 0 Å². The average molecular weight is 490 g/mol. The SMILES string of the molecule is O=C(NCCCN1CCOCC1)C1CCCN(c2nc3ccccc3n(Cc3ccccc3)c2=O)C1. The summed E-state index contributed by atoms with van der Waals surface area (Å²) in [5, 5.41) is 3.13. The van der Waals surface area contributed by atoms with Crippen molar-refractivity contribution >= 4 is 22.8 Å². The minimum atomic E-state index is -0.141. The zero-order chi connectivity index (χ0) is 24.7. The van der Waals surface area contributed by atoms with E-state index in [-0.39, 0.29) is 17.4 Å². The Bertz CT molecular complexity index is 1220. The fraction of sp³-hybridized carbons (Fsp3) is 0.464. The number of carbonyl (C=O) groups is 1. The van der Waals surface area contributed by atoms with Gasteiger partial charge in [0, 0.05) is 32.7 Å². The molecule has 3 heterocycles. The summed E-state index contributed by atoms with van der Waals surface area (Å²) in [6.45, 7) is 6.89. The van der Waals surface area contributed by atoms with Gasteiger partial charge < -0.3 is 15.0 Å². The van der Waals surface area contributed by atoms with Crippen LogP contribution in [0.25, 0.3) is 11.0 Å². The normalized spacial score (nSPS) is 18.9. The number of morpholine rings is 1. The third-order valence-corrected chi connectivity index (χ3v) is 7.16. The molecule has 5 rings (SSSR count). The first-order chi connectivity index (χ1) is 17.7. The number of piperidine rings is 1. The van der Waals surface area contributed by atoms with Crippen LogP contribution in [0.2, 0.25) is 0 Å². The lowest BCUT2D eigenvalue weighted by molar-refractivity contribution is -0.125. The number of nitrogens with one attached hydrogen (secondary N) is 1. The van der Waals surface area contributed by atoms with Gasteiger partial charge in [-0.2, -0.15) is 0 Å². The number of ether oxygens (including phenoxy) is 1. The van der Waals surface area contributed by atoms with Crippen molar-refractivity contribution < 1.29 is 9.53 Å². The van der Waals surface area contributed by atoms with Gasteiger partial charge in [-0.3, -0.25) is 19.1 Å². The van der Waals surface area contributed by atoms with E-state index in [1.165, 1.54) is 0 Å². The standard InChI is InChI=1S/C28H35N5O3/c34-27(29-13-7-14-31-16-18-36-19-17-31)23-10-6-15-32(21-23)26-28(35)33(20-22-8-2-1-3-9-22)25-12-5-4-11-24(25)30-26/h1-5,8-9,11-12,23H,6-7,10,13-21H2,(H,29,34). The Kier molecular flexibility index (Phi) is 7.93. The molecule has 3 aromatic rings. The van der Waals surface area contributed by atoms with Crippen molar-refractivity contribution in [3.05, 3.63) is 70.5 Å². The number of rotatable bonds is 8. The number of hydrogen-bond acceptors (Lipinski definition) is 6. The van der Waals surface area contributed by atoms with Gasteiger partial charge in [0.2, 0.25) is 5.91 Å². The topological polar surface area (TPSA) is 79.7 Å². The van der Waals surface area contributed by atoms with Crippen molar-refractivity contribution in [3.8, 4) is 0 Å². The maximum Gasteiger partial charge on any atom is 0.294 e. The minimum absolute atomic E-state index is 0.0760. The molecule has 2 aliphatic rings. The molecule has 2 aliphatic heterocycles. The maximum absolute atomic E-state index is 13.7. The van der Waals surface area contributed by atoms with Gasteiger partial charge in [-0.15, -0.1) is 0 Å². The Morgan fingerprint density at radius 3 is 2.64 bits per heavy atom. The number of hydrogen-bond donors (Lipinski definition) is 1. The van der Waals surface area contributed by atoms with Gasteiger partial charge in [-0.25, -0.2) is 4.98 Å². The van der Waals surface area contributed by atoms with Crippen molar-refractivity contribution in [3.63, 3.8) is 0 Å². The second kappa shape index (κ2) is 11.7. The smallest absolute Gasteiger partial charge is 0.294 e. The van der Waals surface area contributed by atoms with Crippen molar-refractivity contribution in [1.29, 1.82) is 0 Å². The fourth-order valence-corrected chi connectivity index (χ4v) is 5.17. The molecular weight excluding hydrogens is 454 g/mol. The molecule has 1 aromatic heterocycles. The number of amides is 1. The molecule has 1 atom stereocenters. The Balaban J connectivity index is 1.28. The van der Waals surface area contributed by atoms with Gasteiger partial charge in [-0.05, 0) is 43.5 Å². The monoisotopic (exact) mass is 489 g/mol. The van der Waals surface area contributed by atoms with Crippen LogP contribution in [0.5, 0.6) is 0 Å². The van der Waals surface area contributed by atoms with E-state index in [1.807, 2.05) is 64.1 Å². The summed E-state index contributed by atoms with van der Waals surface area (Å²) in [4.78, 5) is 35.8. The summed E-state index contributed by atoms with van der Waals surface area (Å²) in [5.41, 5.74) is 2.57. The van der Waals surface area contributed by atoms with Gasteiger partial charge in [0.25, 0.3) is 5.56 Å². The molecule has 0 radical (unpaired) electrons. The van der Waals surface area contributed by atoms with Crippen molar-refractivity contribution in [2.75, 3.05) is 57.4 Å². The van der Waals surface area contributed by atoms with E-state index in [0.717, 1.165) is 75.3 Å². The molecule has 0 aliphatic carbocycles. The van der Waals surface area contributed by atoms with Gasteiger partial charge in [0.1, 0.15) is 0 Å². The van der Waals surface area contributed by atoms with Crippen LogP contribution in [0.3, 0.4) is 0 Å². The molecule has 2 aromatic carbocycles. The van der Waals surface area contributed by atoms with Crippen LogP contribution in [-0.2, 0) is 16.1 Å². The van der Waals surface area contributed by atoms with E-state index in [0.29, 0.717) is 25.5 Å². The molecule has 1 amide bonds. The number of aromatic nitrogens is 2. The predicted molar refractivity (Wildman–Crippen MR) is 141 cm³/mol. The molecule has 2 saturated heterocycles. The van der Waals surface area contributed by atoms with Crippen molar-refractivity contribution in [2.45, 2.75) is 25.8 Å². The number of benzene rings is 2. The van der Waals surface area contributed by atoms with E-state index in [4.69, 9.17) is 9.72 Å². The van der Waals surface area contributed by atoms with Crippen molar-refractivity contribution in [2.24, 2.45) is 5.92 Å². The highest BCUT2D eigenvalue weighted by molar-refractivity contribution is 5.80. The first kappa shape index (κ1) is 24.5. The highest BCUT2D eigenvalue weighted by atomic mass is 16.5. The number of anilines is 1. The first-order valence-electron chi connectivity index (χ1n) is 13.1. The Morgan fingerprint density at radius 1 is 1.03 bits per heavy atom.